The summed E-state index contributed by atoms with van der Waals surface area (Å²) < 4.78 is 104. The van der Waals surface area contributed by atoms with E-state index in [2.05, 4.69) is 166 Å². The van der Waals surface area contributed by atoms with Gasteiger partial charge >= 0.3 is 0 Å². The van der Waals surface area contributed by atoms with Crippen molar-refractivity contribution in [3.8, 4) is 22.7 Å². The predicted molar refractivity (Wildman–Crippen MR) is 448 cm³/mol. The summed E-state index contributed by atoms with van der Waals surface area (Å²) in [5.41, 5.74) is 22.2. The van der Waals surface area contributed by atoms with Crippen LogP contribution in [-0.4, -0.2) is 26.7 Å². The van der Waals surface area contributed by atoms with Crippen molar-refractivity contribution in [2.75, 3.05) is 16.0 Å². The number of para-hydroxylation sites is 4. The molecule has 0 saturated carbocycles. The fourth-order valence-corrected chi connectivity index (χ4v) is 14.4. The van der Waals surface area contributed by atoms with E-state index in [9.17, 15) is 30.7 Å². The number of hydrogen-bond acceptors (Lipinski definition) is 3. The van der Waals surface area contributed by atoms with Crippen LogP contribution in [0.3, 0.4) is 0 Å². The third-order valence-corrected chi connectivity index (χ3v) is 19.2. The summed E-state index contributed by atoms with van der Waals surface area (Å²) in [5.74, 6) is -1.86. The highest BCUT2D eigenvalue weighted by Gasteiger charge is 2.22. The first kappa shape index (κ1) is 73.5. The molecule has 0 spiro atoms. The van der Waals surface area contributed by atoms with E-state index < -0.39 is 0 Å². The number of rotatable bonds is 9. The third-order valence-electron chi connectivity index (χ3n) is 18.6. The summed E-state index contributed by atoms with van der Waals surface area (Å²) in [5, 5.41) is 12.2. The second-order valence-corrected chi connectivity index (χ2v) is 26.4. The maximum atomic E-state index is 14.2. The Morgan fingerprint density at radius 2 is 0.509 bits per heavy atom. The van der Waals surface area contributed by atoms with Crippen LogP contribution in [0.25, 0.3) is 110 Å². The molecule has 0 aliphatic carbocycles. The minimum absolute atomic E-state index is 0. The van der Waals surface area contributed by atoms with Crippen LogP contribution in [0.4, 0.5) is 64.9 Å². The van der Waals surface area contributed by atoms with Gasteiger partial charge < -0.3 is 34.2 Å². The van der Waals surface area contributed by atoms with Crippen molar-refractivity contribution >= 4 is 152 Å². The molecule has 4 heterocycles. The first-order valence-electron chi connectivity index (χ1n) is 33.7. The van der Waals surface area contributed by atoms with E-state index in [1.54, 1.807) is 60.7 Å². The van der Waals surface area contributed by atoms with Gasteiger partial charge in [0, 0.05) is 115 Å². The molecular formula is C92H71BF7IN7. The van der Waals surface area contributed by atoms with Crippen LogP contribution in [0.1, 0.15) is 17.7 Å². The quantitative estimate of drug-likeness (QED) is 0.0655. The highest BCUT2D eigenvalue weighted by molar-refractivity contribution is 14.1. The number of nitrogens with one attached hydrogen (secondary N) is 1. The number of fused-ring (bicyclic) bond motifs is 12. The minimum atomic E-state index is -0.311. The van der Waals surface area contributed by atoms with Gasteiger partial charge in [0.1, 0.15) is 40.7 Å². The lowest BCUT2D eigenvalue weighted by atomic mass is 10.1. The number of hydrogen-bond donors (Lipinski definition) is 2. The van der Waals surface area contributed by atoms with Crippen molar-refractivity contribution in [1.82, 2.24) is 18.3 Å². The van der Waals surface area contributed by atoms with E-state index in [1.165, 1.54) is 111 Å². The van der Waals surface area contributed by atoms with Crippen molar-refractivity contribution in [2.24, 2.45) is 0 Å². The Morgan fingerprint density at radius 3 is 0.852 bits per heavy atom. The standard InChI is InChI=1S/C42H26F3N3.C24H16F2N2.C18H11FIN.C6H6FN.2CH4.B.2H2/c43-27-9-15-30(16-10-27)46(33-21-23-41-37(25-33)35-5-1-3-7-39(35)47(41)31-17-11-28(44)12-18-31)34-22-24-42-38(26-34)36-6-2-4-8-40(36)48(42)32-19-13-29(45)14-20-32;25-16-5-9-18(10-6-16)27-19-11-14-24-22(15-19)21-3-1-2-4-23(21)28(24)20-12-7-17(26)8-13-20;19-12-5-8-14(9-6-12)21-17-4-2-1-3-15(17)16-11-13(20)7-10-18(16)21;7-5-1-3-6(8)4-2-5;;;;;/h1-26H;1-15,27H;1-11H;1-4H,8H2;2*1H4;;2*1H/i;;;;;;;2*1+1. The van der Waals surface area contributed by atoms with Crippen LogP contribution in [-0.2, 0) is 0 Å². The largest absolute Gasteiger partial charge is 0.399 e. The summed E-state index contributed by atoms with van der Waals surface area (Å²) in [7, 11) is 0. The molecule has 3 N–H and O–H groups in total. The number of nitrogen functional groups attached to an aromatic ring is 1. The van der Waals surface area contributed by atoms with Gasteiger partial charge in [-0.05, 0) is 290 Å². The van der Waals surface area contributed by atoms with Gasteiger partial charge in [-0.15, -0.1) is 0 Å². The normalized spacial score (nSPS) is 11.0. The van der Waals surface area contributed by atoms with Crippen LogP contribution in [0, 0.1) is 44.3 Å². The summed E-state index contributed by atoms with van der Waals surface area (Å²) in [4.78, 5) is 2.13. The monoisotopic (exact) mass is 1550 g/mol. The molecule has 4 aromatic heterocycles. The Balaban J connectivity index is 0.000000164. The van der Waals surface area contributed by atoms with E-state index >= 15 is 0 Å². The fraction of sp³-hybridized carbons (Fsp3) is 0.0217. The molecule has 0 aliphatic heterocycles. The van der Waals surface area contributed by atoms with Crippen LogP contribution >= 0.6 is 22.6 Å². The number of anilines is 6. The summed E-state index contributed by atoms with van der Waals surface area (Å²) in [6.07, 6.45) is 0. The first-order valence-corrected chi connectivity index (χ1v) is 34.7. The lowest BCUT2D eigenvalue weighted by molar-refractivity contribution is 0.627. The van der Waals surface area contributed by atoms with E-state index in [1.807, 2.05) is 66.7 Å². The minimum Gasteiger partial charge on any atom is -0.399 e. The molecule has 0 amide bonds. The zero-order valence-corrected chi connectivity index (χ0v) is 58.4. The Hall–Kier alpha value is -12.8. The van der Waals surface area contributed by atoms with Gasteiger partial charge in [0.25, 0.3) is 0 Å². The lowest BCUT2D eigenvalue weighted by Gasteiger charge is -2.26. The molecule has 0 fully saturated rings. The molecule has 0 unspecified atom stereocenters. The summed E-state index contributed by atoms with van der Waals surface area (Å²) in [6, 6.07) is 103. The van der Waals surface area contributed by atoms with Crippen LogP contribution in [0.15, 0.2) is 340 Å². The van der Waals surface area contributed by atoms with Gasteiger partial charge in [-0.25, -0.2) is 30.7 Å². The van der Waals surface area contributed by atoms with Gasteiger partial charge in [0.05, 0.1) is 44.1 Å². The number of nitrogens with zero attached hydrogens (tertiary/aromatic N) is 5. The molecule has 0 atom stereocenters. The van der Waals surface area contributed by atoms with Crippen molar-refractivity contribution < 1.29 is 33.6 Å². The van der Waals surface area contributed by atoms with Gasteiger partial charge in [-0.3, -0.25) is 0 Å². The van der Waals surface area contributed by atoms with Crippen LogP contribution in [0.2, 0.25) is 0 Å². The second-order valence-electron chi connectivity index (χ2n) is 25.1. The highest BCUT2D eigenvalue weighted by Crippen LogP contribution is 2.44. The molecule has 108 heavy (non-hydrogen) atoms. The van der Waals surface area contributed by atoms with Crippen LogP contribution < -0.4 is 16.0 Å². The Morgan fingerprint density at radius 1 is 0.259 bits per heavy atom. The Kier molecular flexibility index (Phi) is 21.4. The van der Waals surface area contributed by atoms with E-state index in [0.717, 1.165) is 128 Å². The van der Waals surface area contributed by atoms with Crippen molar-refractivity contribution in [2.45, 2.75) is 14.9 Å². The number of nitrogens with two attached hydrogens (primary N) is 1. The van der Waals surface area contributed by atoms with Gasteiger partial charge in [0.2, 0.25) is 0 Å². The number of halogens is 8. The molecule has 0 bridgehead atoms. The average molecular weight is 1550 g/mol. The molecular weight excluding hydrogens is 1470 g/mol. The van der Waals surface area contributed by atoms with E-state index in [0.29, 0.717) is 5.69 Å². The molecule has 0 aliphatic rings. The smallest absolute Gasteiger partial charge is 0.123 e. The lowest BCUT2D eigenvalue weighted by Crippen LogP contribution is -2.10. The summed E-state index contributed by atoms with van der Waals surface area (Å²) >= 11 is 2.33. The van der Waals surface area contributed by atoms with E-state index in [4.69, 9.17) is 5.73 Å². The van der Waals surface area contributed by atoms with Gasteiger partial charge in [0.15, 0.2) is 0 Å². The molecule has 0 saturated heterocycles. The maximum absolute atomic E-state index is 14.2. The second kappa shape index (κ2) is 31.5. The highest BCUT2D eigenvalue weighted by atomic mass is 127. The molecule has 19 aromatic rings. The predicted octanol–water partition coefficient (Wildman–Crippen LogP) is 26.9. The molecule has 7 nitrogen and oxygen atoms in total. The molecule has 533 valence electrons. The zero-order valence-electron chi connectivity index (χ0n) is 56.2. The van der Waals surface area contributed by atoms with E-state index in [-0.39, 0.29) is 66.8 Å². The van der Waals surface area contributed by atoms with Gasteiger partial charge in [-0.1, -0.05) is 87.6 Å². The van der Waals surface area contributed by atoms with Crippen molar-refractivity contribution in [3.63, 3.8) is 0 Å². The molecule has 16 heteroatoms. The maximum Gasteiger partial charge on any atom is 0.123 e. The molecule has 19 rings (SSSR count). The van der Waals surface area contributed by atoms with Crippen LogP contribution in [0.5, 0.6) is 0 Å². The van der Waals surface area contributed by atoms with Crippen molar-refractivity contribution in [1.29, 1.82) is 0 Å². The molecule has 15 aromatic carbocycles. The number of aromatic nitrogens is 4. The Labute approximate surface area is 637 Å². The fourth-order valence-electron chi connectivity index (χ4n) is 13.9. The number of benzene rings is 15. The summed E-state index contributed by atoms with van der Waals surface area (Å²) in [6.45, 7) is 0. The SMILES string of the molecule is C.C.Fc1ccc(-n2c3ccccc3c3cc(I)ccc32)cc1.Fc1ccc(N(c2ccc3c(c2)c2ccccc2n3-c2ccc(F)cc2)c2ccc3c(c2)c2ccccc2n3-c2ccc(F)cc2)cc1.Fc1ccc(Nc2ccc3c(c2)c2ccccc2n3-c2ccc(F)cc2)cc1.Nc1ccc(F)cc1.[2HH].[2HH].[B]. The topological polar surface area (TPSA) is 61.0 Å². The van der Waals surface area contributed by atoms with Gasteiger partial charge in [-0.2, -0.15) is 0 Å². The van der Waals surface area contributed by atoms with Crippen molar-refractivity contribution in [3.05, 3.63) is 384 Å². The third kappa shape index (κ3) is 14.6. The Bertz CT molecular complexity index is 6230. The zero-order chi connectivity index (χ0) is 71.8. The first-order chi connectivity index (χ1) is 51.2. The average Bonchev–Trinajstić information content (AvgIpc) is 1.59. The molecule has 3 radical (unpaired) electrons.